The van der Waals surface area contributed by atoms with Gasteiger partial charge in [-0.2, -0.15) is 0 Å². The van der Waals surface area contributed by atoms with Gasteiger partial charge in [-0.1, -0.05) is 19.4 Å². The highest BCUT2D eigenvalue weighted by Crippen LogP contribution is 2.30. The third kappa shape index (κ3) is 3.80. The molecule has 0 heterocycles. The van der Waals surface area contributed by atoms with Crippen LogP contribution in [0.15, 0.2) is 22.7 Å². The molecule has 1 atom stereocenters. The maximum atomic E-state index is 9.86. The monoisotopic (exact) mass is 286 g/mol. The highest BCUT2D eigenvalue weighted by atomic mass is 79.9. The predicted molar refractivity (Wildman–Crippen MR) is 69.8 cm³/mol. The number of aliphatic hydroxyl groups is 1. The van der Waals surface area contributed by atoms with Gasteiger partial charge < -0.3 is 9.84 Å². The lowest BCUT2D eigenvalue weighted by Crippen LogP contribution is -2.06. The minimum atomic E-state index is -0.380. The summed E-state index contributed by atoms with van der Waals surface area (Å²) in [4.78, 5) is 0. The Morgan fingerprint density at radius 2 is 2.06 bits per heavy atom. The number of ether oxygens (including phenoxy) is 1. The second-order valence-electron chi connectivity index (χ2n) is 4.16. The van der Waals surface area contributed by atoms with Crippen LogP contribution < -0.4 is 4.74 Å². The molecular weight excluding hydrogens is 268 g/mol. The van der Waals surface area contributed by atoms with Gasteiger partial charge in [0.25, 0.3) is 0 Å². The highest BCUT2D eigenvalue weighted by molar-refractivity contribution is 9.10. The second-order valence-corrected chi connectivity index (χ2v) is 5.02. The van der Waals surface area contributed by atoms with Crippen molar-refractivity contribution in [1.29, 1.82) is 0 Å². The molecule has 0 saturated carbocycles. The summed E-state index contributed by atoms with van der Waals surface area (Å²) < 4.78 is 6.51. The summed E-state index contributed by atoms with van der Waals surface area (Å²) in [6.07, 6.45) is 1.54. The molecule has 0 aliphatic rings. The van der Waals surface area contributed by atoms with Crippen molar-refractivity contribution < 1.29 is 9.84 Å². The number of aliphatic hydroxyl groups excluding tert-OH is 1. The van der Waals surface area contributed by atoms with Crippen LogP contribution in [0.3, 0.4) is 0 Å². The predicted octanol–water partition coefficient (Wildman–Crippen LogP) is 4.07. The van der Waals surface area contributed by atoms with E-state index < -0.39 is 0 Å². The standard InChI is InChI=1S/C13H19BrO2/c1-4-5-12(15)10-6-7-13(11(14)8-10)16-9(2)3/h6-9,12,15H,4-5H2,1-3H3. The highest BCUT2D eigenvalue weighted by Gasteiger charge is 2.10. The van der Waals surface area contributed by atoms with Gasteiger partial charge in [-0.25, -0.2) is 0 Å². The van der Waals surface area contributed by atoms with Gasteiger partial charge in [0.15, 0.2) is 0 Å². The minimum absolute atomic E-state index is 0.155. The van der Waals surface area contributed by atoms with Crippen LogP contribution in [0.5, 0.6) is 5.75 Å². The molecule has 1 aromatic rings. The fraction of sp³-hybridized carbons (Fsp3) is 0.538. The summed E-state index contributed by atoms with van der Waals surface area (Å²) in [6, 6.07) is 5.75. The summed E-state index contributed by atoms with van der Waals surface area (Å²) >= 11 is 3.46. The van der Waals surface area contributed by atoms with E-state index in [9.17, 15) is 5.11 Å². The summed E-state index contributed by atoms with van der Waals surface area (Å²) in [7, 11) is 0. The number of halogens is 1. The second kappa shape index (κ2) is 6.26. The van der Waals surface area contributed by atoms with Gasteiger partial charge in [0.1, 0.15) is 5.75 Å². The van der Waals surface area contributed by atoms with Crippen molar-refractivity contribution in [2.24, 2.45) is 0 Å². The van der Waals surface area contributed by atoms with Crippen molar-refractivity contribution in [1.82, 2.24) is 0 Å². The zero-order chi connectivity index (χ0) is 12.1. The molecule has 1 aromatic carbocycles. The molecule has 0 amide bonds. The molecule has 0 spiro atoms. The van der Waals surface area contributed by atoms with E-state index in [4.69, 9.17) is 4.74 Å². The lowest BCUT2D eigenvalue weighted by Gasteiger charge is -2.14. The Hall–Kier alpha value is -0.540. The maximum absolute atomic E-state index is 9.86. The Labute approximate surface area is 106 Å². The average Bonchev–Trinajstić information content (AvgIpc) is 2.20. The lowest BCUT2D eigenvalue weighted by atomic mass is 10.1. The summed E-state index contributed by atoms with van der Waals surface area (Å²) in [5.41, 5.74) is 0.935. The first-order chi connectivity index (χ1) is 7.54. The van der Waals surface area contributed by atoms with Gasteiger partial charge in [0.05, 0.1) is 16.7 Å². The summed E-state index contributed by atoms with van der Waals surface area (Å²) in [6.45, 7) is 6.05. The first-order valence-corrected chi connectivity index (χ1v) is 6.48. The molecule has 0 aliphatic heterocycles. The molecule has 0 bridgehead atoms. The third-order valence-corrected chi connectivity index (χ3v) is 2.89. The van der Waals surface area contributed by atoms with Crippen LogP contribution in [0, 0.1) is 0 Å². The molecule has 0 aliphatic carbocycles. The normalized spacial score (nSPS) is 12.9. The van der Waals surface area contributed by atoms with Crippen LogP contribution >= 0.6 is 15.9 Å². The zero-order valence-electron chi connectivity index (χ0n) is 10.0. The molecule has 0 radical (unpaired) electrons. The van der Waals surface area contributed by atoms with E-state index in [1.165, 1.54) is 0 Å². The first kappa shape index (κ1) is 13.5. The van der Waals surface area contributed by atoms with Crippen LogP contribution in [0.4, 0.5) is 0 Å². The third-order valence-electron chi connectivity index (χ3n) is 2.27. The Bertz CT molecular complexity index is 337. The van der Waals surface area contributed by atoms with Gasteiger partial charge in [-0.05, 0) is 53.9 Å². The van der Waals surface area contributed by atoms with Gasteiger partial charge >= 0.3 is 0 Å². The van der Waals surface area contributed by atoms with Crippen molar-refractivity contribution >= 4 is 15.9 Å². The fourth-order valence-corrected chi connectivity index (χ4v) is 2.00. The van der Waals surface area contributed by atoms with Gasteiger partial charge in [0.2, 0.25) is 0 Å². The molecule has 16 heavy (non-hydrogen) atoms. The average molecular weight is 287 g/mol. The summed E-state index contributed by atoms with van der Waals surface area (Å²) in [5, 5.41) is 9.86. The number of hydrogen-bond donors (Lipinski definition) is 1. The van der Waals surface area contributed by atoms with E-state index in [1.807, 2.05) is 32.0 Å². The summed E-state index contributed by atoms with van der Waals surface area (Å²) in [5.74, 6) is 0.822. The Balaban J connectivity index is 2.82. The molecule has 0 fully saturated rings. The number of hydrogen-bond acceptors (Lipinski definition) is 2. The Morgan fingerprint density at radius 1 is 1.38 bits per heavy atom. The van der Waals surface area contributed by atoms with Crippen molar-refractivity contribution in [3.63, 3.8) is 0 Å². The van der Waals surface area contributed by atoms with E-state index in [0.29, 0.717) is 0 Å². The van der Waals surface area contributed by atoms with Crippen LogP contribution in [-0.2, 0) is 0 Å². The minimum Gasteiger partial charge on any atom is -0.490 e. The molecule has 1 rings (SSSR count). The van der Waals surface area contributed by atoms with Crippen LogP contribution in [-0.4, -0.2) is 11.2 Å². The molecule has 2 nitrogen and oxygen atoms in total. The smallest absolute Gasteiger partial charge is 0.133 e. The van der Waals surface area contributed by atoms with Gasteiger partial charge in [-0.15, -0.1) is 0 Å². The molecule has 1 N–H and O–H groups in total. The van der Waals surface area contributed by atoms with E-state index in [-0.39, 0.29) is 12.2 Å². The SMILES string of the molecule is CCCC(O)c1ccc(OC(C)C)c(Br)c1. The number of rotatable bonds is 5. The maximum Gasteiger partial charge on any atom is 0.133 e. The number of benzene rings is 1. The van der Waals surface area contributed by atoms with E-state index in [1.54, 1.807) is 0 Å². The molecule has 1 unspecified atom stereocenters. The lowest BCUT2D eigenvalue weighted by molar-refractivity contribution is 0.166. The zero-order valence-corrected chi connectivity index (χ0v) is 11.6. The quantitative estimate of drug-likeness (QED) is 0.884. The first-order valence-electron chi connectivity index (χ1n) is 5.68. The van der Waals surface area contributed by atoms with Crippen molar-refractivity contribution in [2.45, 2.75) is 45.8 Å². The fourth-order valence-electron chi connectivity index (χ4n) is 1.51. The van der Waals surface area contributed by atoms with Crippen LogP contribution in [0.1, 0.15) is 45.3 Å². The van der Waals surface area contributed by atoms with E-state index >= 15 is 0 Å². The van der Waals surface area contributed by atoms with Gasteiger partial charge in [-0.3, -0.25) is 0 Å². The van der Waals surface area contributed by atoms with Crippen molar-refractivity contribution in [2.75, 3.05) is 0 Å². The van der Waals surface area contributed by atoms with E-state index in [0.717, 1.165) is 28.6 Å². The topological polar surface area (TPSA) is 29.5 Å². The van der Waals surface area contributed by atoms with Crippen molar-refractivity contribution in [3.8, 4) is 5.75 Å². The molecule has 3 heteroatoms. The van der Waals surface area contributed by atoms with Crippen LogP contribution in [0.2, 0.25) is 0 Å². The molecule has 0 aromatic heterocycles. The van der Waals surface area contributed by atoms with E-state index in [2.05, 4.69) is 22.9 Å². The Morgan fingerprint density at radius 3 is 2.56 bits per heavy atom. The van der Waals surface area contributed by atoms with Crippen molar-refractivity contribution in [3.05, 3.63) is 28.2 Å². The van der Waals surface area contributed by atoms with Gasteiger partial charge in [0, 0.05) is 0 Å². The molecular formula is C13H19BrO2. The molecule has 90 valence electrons. The molecule has 0 saturated heterocycles. The van der Waals surface area contributed by atoms with Crippen LogP contribution in [0.25, 0.3) is 0 Å². The largest absolute Gasteiger partial charge is 0.490 e. The Kier molecular flexibility index (Phi) is 5.29.